The lowest BCUT2D eigenvalue weighted by atomic mass is 10.8. The SMILES string of the molecule is CS(=O)(=O)OP(=O)(OS(C)(=O)=O)OS(=O)(=O)C(F)(F)CS(=O)(=O)O. The van der Waals surface area contributed by atoms with E-state index in [1.165, 1.54) is 0 Å². The van der Waals surface area contributed by atoms with Gasteiger partial charge in [0.25, 0.3) is 30.4 Å². The molecule has 0 aromatic heterocycles. The van der Waals surface area contributed by atoms with E-state index in [1.807, 2.05) is 0 Å². The van der Waals surface area contributed by atoms with Crippen LogP contribution >= 0.6 is 7.82 Å². The molecule has 0 aliphatic carbocycles. The molecule has 146 valence electrons. The van der Waals surface area contributed by atoms with Gasteiger partial charge >= 0.3 is 23.2 Å². The van der Waals surface area contributed by atoms with Crippen LogP contribution in [0, 0.1) is 0 Å². The van der Waals surface area contributed by atoms with Gasteiger partial charge in [-0.2, -0.15) is 54.4 Å². The predicted octanol–water partition coefficient (Wildman–Crippen LogP) is -1.13. The van der Waals surface area contributed by atoms with Gasteiger partial charge in [-0.3, -0.25) is 4.55 Å². The molecule has 0 radical (unpaired) electrons. The highest BCUT2D eigenvalue weighted by Crippen LogP contribution is 2.55. The smallest absolute Gasteiger partial charge is 0.285 e. The molecule has 0 unspecified atom stereocenters. The van der Waals surface area contributed by atoms with Gasteiger partial charge < -0.3 is 0 Å². The molecular weight excluding hydrogens is 453 g/mol. The molecule has 0 bridgehead atoms. The fourth-order valence-corrected chi connectivity index (χ4v) is 7.30. The minimum absolute atomic E-state index is 0.109. The van der Waals surface area contributed by atoms with Gasteiger partial charge in [0.1, 0.15) is 0 Å². The Kier molecular flexibility index (Phi) is 6.72. The zero-order chi connectivity index (χ0) is 19.8. The molecular formula is C4H9F2O13PS4. The Morgan fingerprint density at radius 2 is 1.21 bits per heavy atom. The average Bonchev–Trinajstić information content (AvgIpc) is 2.01. The van der Waals surface area contributed by atoms with Crippen LogP contribution in [-0.2, 0) is 56.9 Å². The van der Waals surface area contributed by atoms with Crippen molar-refractivity contribution in [2.45, 2.75) is 5.25 Å². The number of alkyl halides is 2. The first-order chi connectivity index (χ1) is 10.1. The van der Waals surface area contributed by atoms with Crippen LogP contribution in [0.2, 0.25) is 0 Å². The van der Waals surface area contributed by atoms with E-state index in [2.05, 4.69) is 11.9 Å². The van der Waals surface area contributed by atoms with E-state index in [-0.39, 0.29) is 12.5 Å². The molecule has 0 rings (SSSR count). The van der Waals surface area contributed by atoms with Crippen molar-refractivity contribution < 1.29 is 63.5 Å². The van der Waals surface area contributed by atoms with Crippen molar-refractivity contribution >= 4 is 48.3 Å². The van der Waals surface area contributed by atoms with Gasteiger partial charge in [-0.1, -0.05) is 0 Å². The zero-order valence-corrected chi connectivity index (χ0v) is 15.5. The monoisotopic (exact) mass is 462 g/mol. The van der Waals surface area contributed by atoms with Crippen molar-refractivity contribution in [3.63, 3.8) is 0 Å². The van der Waals surface area contributed by atoms with Gasteiger partial charge in [0, 0.05) is 0 Å². The van der Waals surface area contributed by atoms with E-state index < -0.39 is 59.3 Å². The number of hydrogen-bond acceptors (Lipinski definition) is 12. The topological polar surface area (TPSA) is 202 Å². The van der Waals surface area contributed by atoms with Gasteiger partial charge in [0.05, 0.1) is 12.5 Å². The summed E-state index contributed by atoms with van der Waals surface area (Å²) >= 11 is 0. The fraction of sp³-hybridized carbons (Fsp3) is 1.00. The Balaban J connectivity index is 6.01. The number of hydrogen-bond donors (Lipinski definition) is 1. The van der Waals surface area contributed by atoms with E-state index in [9.17, 15) is 47.0 Å². The summed E-state index contributed by atoms with van der Waals surface area (Å²) in [6.45, 7) is 0. The average molecular weight is 462 g/mol. The van der Waals surface area contributed by atoms with Crippen LogP contribution in [0.5, 0.6) is 0 Å². The number of phosphoric acid groups is 1. The van der Waals surface area contributed by atoms with Crippen LogP contribution in [0.3, 0.4) is 0 Å². The van der Waals surface area contributed by atoms with Gasteiger partial charge in [0.15, 0.2) is 5.75 Å². The van der Waals surface area contributed by atoms with Gasteiger partial charge in [0.2, 0.25) is 0 Å². The number of halogens is 2. The summed E-state index contributed by atoms with van der Waals surface area (Å²) < 4.78 is 143. The highest BCUT2D eigenvalue weighted by Gasteiger charge is 2.55. The molecule has 0 aromatic carbocycles. The lowest BCUT2D eigenvalue weighted by Gasteiger charge is -2.18. The summed E-state index contributed by atoms with van der Waals surface area (Å²) in [4.78, 5) is 0. The van der Waals surface area contributed by atoms with E-state index in [0.717, 1.165) is 0 Å². The van der Waals surface area contributed by atoms with E-state index in [4.69, 9.17) is 4.55 Å². The largest absolute Gasteiger partial charge is 0.519 e. The van der Waals surface area contributed by atoms with Gasteiger partial charge in [-0.15, -0.1) is 0 Å². The van der Waals surface area contributed by atoms with Crippen molar-refractivity contribution in [1.29, 1.82) is 0 Å². The summed E-state index contributed by atoms with van der Waals surface area (Å²) in [7, 11) is -28.4. The normalized spacial score (nSPS) is 15.4. The first-order valence-corrected chi connectivity index (χ1v) is 12.9. The second-order valence-electron chi connectivity index (χ2n) is 3.90. The van der Waals surface area contributed by atoms with Gasteiger partial charge in [-0.25, -0.2) is 4.57 Å². The molecule has 20 heteroatoms. The maximum absolute atomic E-state index is 13.3. The Morgan fingerprint density at radius 1 is 0.875 bits per heavy atom. The first-order valence-electron chi connectivity index (χ1n) is 4.79. The highest BCUT2D eigenvalue weighted by atomic mass is 32.3. The van der Waals surface area contributed by atoms with Crippen LogP contribution in [-0.4, -0.2) is 61.7 Å². The van der Waals surface area contributed by atoms with E-state index >= 15 is 0 Å². The molecule has 0 aliphatic rings. The summed E-state index contributed by atoms with van der Waals surface area (Å²) in [6, 6.07) is 0. The van der Waals surface area contributed by atoms with Crippen molar-refractivity contribution in [3.05, 3.63) is 0 Å². The molecule has 24 heavy (non-hydrogen) atoms. The third kappa shape index (κ3) is 8.72. The van der Waals surface area contributed by atoms with Crippen molar-refractivity contribution in [3.8, 4) is 0 Å². The van der Waals surface area contributed by atoms with Crippen molar-refractivity contribution in [2.24, 2.45) is 0 Å². The highest BCUT2D eigenvalue weighted by molar-refractivity contribution is 7.98. The van der Waals surface area contributed by atoms with Gasteiger partial charge in [-0.05, 0) is 0 Å². The van der Waals surface area contributed by atoms with Crippen LogP contribution in [0.25, 0.3) is 0 Å². The third-order valence-electron chi connectivity index (χ3n) is 1.36. The molecule has 0 atom stereocenters. The van der Waals surface area contributed by atoms with Crippen molar-refractivity contribution in [2.75, 3.05) is 18.3 Å². The predicted molar refractivity (Wildman–Crippen MR) is 70.8 cm³/mol. The third-order valence-corrected chi connectivity index (χ3v) is 8.29. The molecule has 0 fully saturated rings. The zero-order valence-electron chi connectivity index (χ0n) is 11.4. The quantitative estimate of drug-likeness (QED) is 0.319. The molecule has 13 nitrogen and oxygen atoms in total. The van der Waals surface area contributed by atoms with E-state index in [1.54, 1.807) is 0 Å². The maximum Gasteiger partial charge on any atom is 0.519 e. The summed E-state index contributed by atoms with van der Waals surface area (Å²) in [5.41, 5.74) is 0. The summed E-state index contributed by atoms with van der Waals surface area (Å²) in [5, 5.41) is -5.47. The lowest BCUT2D eigenvalue weighted by Crippen LogP contribution is -2.37. The Labute approximate surface area is 135 Å². The Bertz CT molecular complexity index is 903. The second-order valence-corrected chi connectivity index (χ2v) is 12.4. The molecule has 0 aromatic rings. The Morgan fingerprint density at radius 3 is 1.46 bits per heavy atom. The van der Waals surface area contributed by atoms with Crippen LogP contribution in [0.4, 0.5) is 8.78 Å². The molecule has 0 saturated carbocycles. The van der Waals surface area contributed by atoms with Crippen LogP contribution in [0.15, 0.2) is 0 Å². The number of rotatable bonds is 9. The minimum atomic E-state index is -6.61. The summed E-state index contributed by atoms with van der Waals surface area (Å²) in [6.07, 6.45) is 0.217. The Hall–Kier alpha value is -0.270. The standard InChI is InChI=1S/C4H9F2O13PS4/c1-21(8,9)17-20(7,18-22(2,10)11)19-24(15,16)4(5,6)3-23(12,13)14/h3H2,1-2H3,(H,12,13,14). The maximum atomic E-state index is 13.3. The lowest BCUT2D eigenvalue weighted by molar-refractivity contribution is 0.102. The summed E-state index contributed by atoms with van der Waals surface area (Å²) in [5.74, 6) is -2.78. The van der Waals surface area contributed by atoms with E-state index in [0.29, 0.717) is 0 Å². The van der Waals surface area contributed by atoms with Crippen LogP contribution < -0.4 is 0 Å². The molecule has 0 aliphatic heterocycles. The minimum Gasteiger partial charge on any atom is -0.285 e. The fourth-order valence-electron chi connectivity index (χ4n) is 0.828. The molecule has 0 amide bonds. The molecule has 0 spiro atoms. The second kappa shape index (κ2) is 6.80. The van der Waals surface area contributed by atoms with Crippen LogP contribution in [0.1, 0.15) is 0 Å². The molecule has 0 heterocycles. The molecule has 0 saturated heterocycles. The van der Waals surface area contributed by atoms with Crippen molar-refractivity contribution in [1.82, 2.24) is 0 Å². The first kappa shape index (κ1) is 23.7. The molecule has 1 N–H and O–H groups in total.